The fraction of sp³-hybridized carbons (Fsp3) is 0.688. The van der Waals surface area contributed by atoms with Crippen molar-refractivity contribution in [3.63, 3.8) is 0 Å². The number of nitrogens with zero attached hydrogens (tertiary/aromatic N) is 4. The quantitative estimate of drug-likeness (QED) is 0.789. The fourth-order valence-electron chi connectivity index (χ4n) is 3.30. The van der Waals surface area contributed by atoms with E-state index in [2.05, 4.69) is 0 Å². The molecular weight excluding hydrogens is 264 g/mol. The van der Waals surface area contributed by atoms with Gasteiger partial charge in [0, 0.05) is 5.92 Å². The normalized spacial score (nSPS) is 25.8. The predicted octanol–water partition coefficient (Wildman–Crippen LogP) is 2.57. The summed E-state index contributed by atoms with van der Waals surface area (Å²) in [5.41, 5.74) is -1.88. The molecule has 1 saturated carbocycles. The lowest BCUT2D eigenvalue weighted by Crippen LogP contribution is -2.48. The highest BCUT2D eigenvalue weighted by molar-refractivity contribution is 5.86. The van der Waals surface area contributed by atoms with Gasteiger partial charge in [-0.25, -0.2) is 0 Å². The van der Waals surface area contributed by atoms with Gasteiger partial charge in [0.25, 0.3) is 0 Å². The first kappa shape index (κ1) is 16.7. The summed E-state index contributed by atoms with van der Waals surface area (Å²) in [6.45, 7) is 5.68. The van der Waals surface area contributed by atoms with Gasteiger partial charge < -0.3 is 0 Å². The van der Waals surface area contributed by atoms with Crippen molar-refractivity contribution in [3.05, 3.63) is 0 Å². The summed E-state index contributed by atoms with van der Waals surface area (Å²) in [5.74, 6) is -2.73. The Kier molecular flexibility index (Phi) is 5.07. The third kappa shape index (κ3) is 2.61. The van der Waals surface area contributed by atoms with Crippen molar-refractivity contribution >= 4 is 5.78 Å². The summed E-state index contributed by atoms with van der Waals surface area (Å²) >= 11 is 0. The van der Waals surface area contributed by atoms with E-state index in [0.29, 0.717) is 6.42 Å². The van der Waals surface area contributed by atoms with Crippen LogP contribution in [0.25, 0.3) is 0 Å². The molecule has 0 bridgehead atoms. The third-order valence-electron chi connectivity index (χ3n) is 4.55. The highest BCUT2D eigenvalue weighted by Crippen LogP contribution is 2.47. The molecule has 1 aliphatic rings. The molecule has 0 aromatic rings. The largest absolute Gasteiger partial charge is 0.299 e. The lowest BCUT2D eigenvalue weighted by Gasteiger charge is -2.40. The van der Waals surface area contributed by atoms with E-state index >= 15 is 0 Å². The van der Waals surface area contributed by atoms with Crippen LogP contribution in [0.1, 0.15) is 33.6 Å². The minimum atomic E-state index is -1.88. The first-order chi connectivity index (χ1) is 9.89. The molecule has 1 rings (SSSR count). The van der Waals surface area contributed by atoms with Gasteiger partial charge in [-0.2, -0.15) is 21.0 Å². The zero-order valence-electron chi connectivity index (χ0n) is 12.5. The third-order valence-corrected chi connectivity index (χ3v) is 4.55. The van der Waals surface area contributed by atoms with Crippen molar-refractivity contribution in [2.45, 2.75) is 33.6 Å². The lowest BCUT2D eigenvalue weighted by atomic mass is 9.57. The number of Topliss-reactive ketones (excluding diaryl/α,β-unsaturated/α-hetero) is 1. The van der Waals surface area contributed by atoms with E-state index in [0.717, 1.165) is 6.42 Å². The molecule has 3 atom stereocenters. The summed E-state index contributed by atoms with van der Waals surface area (Å²) in [4.78, 5) is 12.8. The first-order valence-corrected chi connectivity index (χ1v) is 7.05. The second-order valence-electron chi connectivity index (χ2n) is 6.07. The van der Waals surface area contributed by atoms with E-state index in [1.54, 1.807) is 12.1 Å². The zero-order valence-corrected chi connectivity index (χ0v) is 12.5. The highest BCUT2D eigenvalue weighted by Gasteiger charge is 2.55. The molecule has 0 unspecified atom stereocenters. The number of carbonyl (C=O) groups excluding carboxylic acids is 1. The Morgan fingerprint density at radius 3 is 2.00 bits per heavy atom. The number of nitriles is 4. The van der Waals surface area contributed by atoms with Crippen molar-refractivity contribution in [1.82, 2.24) is 0 Å². The molecule has 0 aromatic carbocycles. The first-order valence-electron chi connectivity index (χ1n) is 7.05. The van der Waals surface area contributed by atoms with E-state index in [4.69, 9.17) is 10.5 Å². The van der Waals surface area contributed by atoms with Gasteiger partial charge >= 0.3 is 0 Å². The second kappa shape index (κ2) is 6.39. The molecule has 21 heavy (non-hydrogen) atoms. The van der Waals surface area contributed by atoms with Crippen molar-refractivity contribution < 1.29 is 4.79 Å². The Morgan fingerprint density at radius 2 is 1.62 bits per heavy atom. The number of rotatable bonds is 3. The lowest BCUT2D eigenvalue weighted by molar-refractivity contribution is -0.136. The topological polar surface area (TPSA) is 112 Å². The second-order valence-corrected chi connectivity index (χ2v) is 6.07. The smallest absolute Gasteiger partial charge is 0.182 e. The summed E-state index contributed by atoms with van der Waals surface area (Å²) in [6.07, 6.45) is 1.44. The SMILES string of the molecule is CC(C)[C@@H]1CC[C@H](C)[C@@H](C(C#N)(C#N)C(C#N)C#N)C1=O. The predicted molar refractivity (Wildman–Crippen MR) is 73.6 cm³/mol. The van der Waals surface area contributed by atoms with Gasteiger partial charge in [0.2, 0.25) is 0 Å². The van der Waals surface area contributed by atoms with Gasteiger partial charge in [-0.3, -0.25) is 4.79 Å². The van der Waals surface area contributed by atoms with Crippen molar-refractivity contribution in [1.29, 1.82) is 21.0 Å². The van der Waals surface area contributed by atoms with Gasteiger partial charge in [-0.05, 0) is 24.7 Å². The molecule has 0 aliphatic heterocycles. The Hall–Kier alpha value is -2.37. The van der Waals surface area contributed by atoms with Crippen LogP contribution in [0.3, 0.4) is 0 Å². The standard InChI is InChI=1S/C16H18N4O/c1-10(2)13-5-4-11(3)14(15(13)21)16(8-19,9-20)12(6-17)7-18/h10-14H,4-5H2,1-3H3/t11-,13-,14+/m0/s1. The van der Waals surface area contributed by atoms with E-state index < -0.39 is 17.3 Å². The maximum atomic E-state index is 12.8. The van der Waals surface area contributed by atoms with Gasteiger partial charge in [-0.1, -0.05) is 20.8 Å². The zero-order chi connectivity index (χ0) is 16.2. The molecular formula is C16H18N4O. The van der Waals surface area contributed by atoms with Gasteiger partial charge in [-0.15, -0.1) is 0 Å². The molecule has 5 heteroatoms. The Balaban J connectivity index is 3.41. The molecule has 0 aromatic heterocycles. The molecule has 1 aliphatic carbocycles. The molecule has 0 N–H and O–H groups in total. The summed E-state index contributed by atoms with van der Waals surface area (Å²) in [7, 11) is 0. The molecule has 1 fully saturated rings. The van der Waals surface area contributed by atoms with Crippen LogP contribution >= 0.6 is 0 Å². The fourth-order valence-corrected chi connectivity index (χ4v) is 3.30. The van der Waals surface area contributed by atoms with Crippen LogP contribution in [0, 0.1) is 80.3 Å². The number of hydrogen-bond acceptors (Lipinski definition) is 5. The van der Waals surface area contributed by atoms with Crippen LogP contribution in [0.15, 0.2) is 0 Å². The van der Waals surface area contributed by atoms with Crippen molar-refractivity contribution in [2.75, 3.05) is 0 Å². The maximum Gasteiger partial charge on any atom is 0.182 e. The van der Waals surface area contributed by atoms with Crippen LogP contribution in [-0.4, -0.2) is 5.78 Å². The van der Waals surface area contributed by atoms with E-state index in [1.807, 2.05) is 32.9 Å². The molecule has 0 spiro atoms. The summed E-state index contributed by atoms with van der Waals surface area (Å²) in [5, 5.41) is 37.2. The monoisotopic (exact) mass is 282 g/mol. The molecule has 5 nitrogen and oxygen atoms in total. The Bertz CT molecular complexity index is 553. The Morgan fingerprint density at radius 1 is 1.10 bits per heavy atom. The maximum absolute atomic E-state index is 12.8. The summed E-state index contributed by atoms with van der Waals surface area (Å²) in [6, 6.07) is 7.10. The van der Waals surface area contributed by atoms with E-state index in [1.165, 1.54) is 0 Å². The molecule has 0 heterocycles. The molecule has 0 saturated heterocycles. The number of carbonyl (C=O) groups is 1. The van der Waals surface area contributed by atoms with Gasteiger partial charge in [0.05, 0.1) is 30.2 Å². The molecule has 108 valence electrons. The Labute approximate surface area is 125 Å². The number of ketones is 1. The van der Waals surface area contributed by atoms with Gasteiger partial charge in [0.1, 0.15) is 5.78 Å². The summed E-state index contributed by atoms with van der Waals surface area (Å²) < 4.78 is 0. The minimum Gasteiger partial charge on any atom is -0.299 e. The van der Waals surface area contributed by atoms with Crippen molar-refractivity contribution in [2.24, 2.45) is 35.0 Å². The highest BCUT2D eigenvalue weighted by atomic mass is 16.1. The van der Waals surface area contributed by atoms with Crippen LogP contribution < -0.4 is 0 Å². The molecule has 0 amide bonds. The van der Waals surface area contributed by atoms with Gasteiger partial charge in [0.15, 0.2) is 11.3 Å². The average molecular weight is 282 g/mol. The van der Waals surface area contributed by atoms with E-state index in [9.17, 15) is 15.3 Å². The molecule has 0 radical (unpaired) electrons. The van der Waals surface area contributed by atoms with Crippen LogP contribution in [0.5, 0.6) is 0 Å². The average Bonchev–Trinajstić information content (AvgIpc) is 2.46. The van der Waals surface area contributed by atoms with E-state index in [-0.39, 0.29) is 23.5 Å². The van der Waals surface area contributed by atoms with Crippen molar-refractivity contribution in [3.8, 4) is 24.3 Å². The minimum absolute atomic E-state index is 0.116. The van der Waals surface area contributed by atoms with Crippen LogP contribution in [-0.2, 0) is 4.79 Å². The van der Waals surface area contributed by atoms with Crippen LogP contribution in [0.2, 0.25) is 0 Å². The number of hydrogen-bond donors (Lipinski definition) is 0. The van der Waals surface area contributed by atoms with Crippen LogP contribution in [0.4, 0.5) is 0 Å².